The van der Waals surface area contributed by atoms with Crippen molar-refractivity contribution < 1.29 is 19.3 Å². The van der Waals surface area contributed by atoms with Crippen LogP contribution in [0.25, 0.3) is 27.1 Å². The normalized spacial score (nSPS) is 16.4. The molecule has 2 aliphatic heterocycles. The highest BCUT2D eigenvalue weighted by Crippen LogP contribution is 2.52. The number of rotatable bonds is 13. The molecule has 0 unspecified atom stereocenters. The summed E-state index contributed by atoms with van der Waals surface area (Å²) in [5, 5.41) is 16.4. The Morgan fingerprint density at radius 3 is 2.10 bits per heavy atom. The van der Waals surface area contributed by atoms with Crippen molar-refractivity contribution in [1.29, 1.82) is 0 Å². The Morgan fingerprint density at radius 1 is 0.817 bits per heavy atom. The molecular formula is C49H53N4O3S4+. The maximum atomic E-state index is 13.1. The Hall–Kier alpha value is -4.42. The Labute approximate surface area is 375 Å². The number of carboxylic acid groups (broad SMARTS) is 1. The van der Waals surface area contributed by atoms with Crippen LogP contribution in [0.1, 0.15) is 94.4 Å². The van der Waals surface area contributed by atoms with E-state index >= 15 is 0 Å². The number of fused-ring (bicyclic) bond motifs is 6. The van der Waals surface area contributed by atoms with Gasteiger partial charge in [0.15, 0.2) is 5.71 Å². The Bertz CT molecular complexity index is 2680. The number of benzene rings is 4. The summed E-state index contributed by atoms with van der Waals surface area (Å²) in [6.45, 7) is 15.5. The number of nitrogens with zero attached hydrogens (tertiary/aromatic N) is 3. The van der Waals surface area contributed by atoms with Gasteiger partial charge in [-0.15, -0.1) is 50.5 Å². The number of thiol groups is 4. The summed E-state index contributed by atoms with van der Waals surface area (Å²) >= 11 is 19.1. The number of aromatic nitrogens is 1. The second-order valence-corrected chi connectivity index (χ2v) is 18.6. The number of hydrogen-bond acceptors (Lipinski definition) is 8. The third-order valence-electron chi connectivity index (χ3n) is 12.0. The van der Waals surface area contributed by atoms with Crippen molar-refractivity contribution >= 4 is 107 Å². The molecule has 0 saturated carbocycles. The second-order valence-electron chi connectivity index (χ2n) is 16.6. The van der Waals surface area contributed by atoms with Gasteiger partial charge in [-0.3, -0.25) is 14.6 Å². The maximum Gasteiger partial charge on any atom is 0.303 e. The fraction of sp³-hybridized carbons (Fsp3) is 0.306. The largest absolute Gasteiger partial charge is 0.481 e. The van der Waals surface area contributed by atoms with Gasteiger partial charge in [0.25, 0.3) is 5.91 Å². The van der Waals surface area contributed by atoms with E-state index in [0.29, 0.717) is 24.9 Å². The Kier molecular flexibility index (Phi) is 12.7. The first-order chi connectivity index (χ1) is 28.6. The number of unbranched alkanes of at least 4 members (excludes halogenated alkanes) is 2. The molecule has 0 radical (unpaired) electrons. The minimum atomic E-state index is -0.802. The van der Waals surface area contributed by atoms with Crippen LogP contribution in [0.15, 0.2) is 116 Å². The standard InChI is InChI=1S/C49H52N4O3S4/c1-7-52-38-19-16-33-35(24-31(57)26-40(33)59)45(38)48(3,4)42(52)21-14-29(37-18-13-30(28-51-37)47(56)50-23-11-9-10-12-44(54)55)15-22-43-49(5,6)46-36-25-32(58)27-41(60)34(36)17-20-39(46)53(43)8-2/h13-22,24-28H,7-12,23H2,1-6H3,(H5-,50,54,55,56,57,58,59,60)/p+1. The van der Waals surface area contributed by atoms with E-state index in [1.54, 1.807) is 6.20 Å². The predicted octanol–water partition coefficient (Wildman–Crippen LogP) is 11.7. The van der Waals surface area contributed by atoms with Gasteiger partial charge in [0.05, 0.1) is 16.7 Å². The number of nitrogens with one attached hydrogen (secondary N) is 1. The molecule has 7 rings (SSSR count). The number of carbonyl (C=O) groups is 2. The summed E-state index contributed by atoms with van der Waals surface area (Å²) in [4.78, 5) is 34.8. The molecule has 0 bridgehead atoms. The molecule has 60 heavy (non-hydrogen) atoms. The molecule has 11 heteroatoms. The quantitative estimate of drug-likeness (QED) is 0.0307. The first kappa shape index (κ1) is 43.7. The average molecular weight is 874 g/mol. The molecule has 0 aliphatic carbocycles. The summed E-state index contributed by atoms with van der Waals surface area (Å²) in [7, 11) is 0. The number of carboxylic acids is 1. The summed E-state index contributed by atoms with van der Waals surface area (Å²) in [6, 6.07) is 20.7. The van der Waals surface area contributed by atoms with Crippen molar-refractivity contribution in [2.75, 3.05) is 24.5 Å². The zero-order chi connectivity index (χ0) is 43.1. The van der Waals surface area contributed by atoms with Gasteiger partial charge >= 0.3 is 5.97 Å². The van der Waals surface area contributed by atoms with Gasteiger partial charge in [-0.2, -0.15) is 4.58 Å². The highest BCUT2D eigenvalue weighted by Gasteiger charge is 2.45. The highest BCUT2D eigenvalue weighted by atomic mass is 32.1. The summed E-state index contributed by atoms with van der Waals surface area (Å²) in [5.41, 5.74) is 8.58. The van der Waals surface area contributed by atoms with Crippen molar-refractivity contribution in [2.24, 2.45) is 0 Å². The van der Waals surface area contributed by atoms with Crippen molar-refractivity contribution in [2.45, 2.75) is 97.6 Å². The molecular weight excluding hydrogens is 821 g/mol. The maximum absolute atomic E-state index is 13.1. The molecule has 3 heterocycles. The number of aliphatic carboxylic acids is 1. The van der Waals surface area contributed by atoms with Crippen LogP contribution in [0.3, 0.4) is 0 Å². The lowest BCUT2D eigenvalue weighted by Crippen LogP contribution is -2.27. The van der Waals surface area contributed by atoms with Gasteiger partial charge in [-0.25, -0.2) is 0 Å². The van der Waals surface area contributed by atoms with E-state index in [9.17, 15) is 9.59 Å². The molecule has 1 amide bonds. The Balaban J connectivity index is 1.29. The number of amides is 1. The van der Waals surface area contributed by atoms with Crippen LogP contribution in [0, 0.1) is 0 Å². The highest BCUT2D eigenvalue weighted by molar-refractivity contribution is 7.81. The van der Waals surface area contributed by atoms with Crippen LogP contribution < -0.4 is 10.2 Å². The molecule has 4 aromatic carbocycles. The van der Waals surface area contributed by atoms with Crippen LogP contribution in [0.5, 0.6) is 0 Å². The van der Waals surface area contributed by atoms with E-state index in [-0.39, 0.29) is 23.2 Å². The number of anilines is 1. The van der Waals surface area contributed by atoms with Gasteiger partial charge in [-0.05, 0) is 128 Å². The number of hydrogen-bond donors (Lipinski definition) is 6. The first-order valence-electron chi connectivity index (χ1n) is 20.6. The molecule has 0 fully saturated rings. The first-order valence-corrected chi connectivity index (χ1v) is 22.3. The van der Waals surface area contributed by atoms with Gasteiger partial charge in [-0.1, -0.05) is 32.4 Å². The van der Waals surface area contributed by atoms with Crippen LogP contribution >= 0.6 is 50.5 Å². The predicted molar refractivity (Wildman–Crippen MR) is 259 cm³/mol. The minimum absolute atomic E-state index is 0.136. The fourth-order valence-corrected chi connectivity index (χ4v) is 10.5. The number of likely N-dealkylation sites (N-methyl/N-ethyl adjacent to an activating group) is 1. The summed E-state index contributed by atoms with van der Waals surface area (Å²) < 4.78 is 2.39. The zero-order valence-corrected chi connectivity index (χ0v) is 38.6. The van der Waals surface area contributed by atoms with Crippen molar-refractivity contribution in [1.82, 2.24) is 10.3 Å². The molecule has 2 N–H and O–H groups in total. The van der Waals surface area contributed by atoms with E-state index in [1.807, 2.05) is 24.3 Å². The van der Waals surface area contributed by atoms with E-state index in [0.717, 1.165) is 83.3 Å². The minimum Gasteiger partial charge on any atom is -0.481 e. The van der Waals surface area contributed by atoms with Crippen LogP contribution in [-0.2, 0) is 15.6 Å². The number of pyridine rings is 1. The molecule has 310 valence electrons. The lowest BCUT2D eigenvalue weighted by molar-refractivity contribution is -0.433. The van der Waals surface area contributed by atoms with Gasteiger partial charge < -0.3 is 15.3 Å². The third kappa shape index (κ3) is 8.18. The smallest absolute Gasteiger partial charge is 0.303 e. The molecule has 0 atom stereocenters. The molecule has 0 spiro atoms. The molecule has 5 aromatic rings. The second kappa shape index (κ2) is 17.5. The molecule has 1 aromatic heterocycles. The van der Waals surface area contributed by atoms with E-state index in [4.69, 9.17) is 60.6 Å². The monoisotopic (exact) mass is 873 g/mol. The Morgan fingerprint density at radius 2 is 1.48 bits per heavy atom. The topological polar surface area (TPSA) is 85.5 Å². The van der Waals surface area contributed by atoms with Crippen molar-refractivity contribution in [3.8, 4) is 0 Å². The van der Waals surface area contributed by atoms with Gasteiger partial charge in [0.2, 0.25) is 5.69 Å². The summed E-state index contributed by atoms with van der Waals surface area (Å²) in [6.07, 6.45) is 12.5. The van der Waals surface area contributed by atoms with Crippen molar-refractivity contribution in [3.63, 3.8) is 0 Å². The molecule has 2 aliphatic rings. The van der Waals surface area contributed by atoms with Crippen LogP contribution in [-0.4, -0.2) is 51.9 Å². The number of carbonyl (C=O) groups excluding carboxylic acids is 1. The van der Waals surface area contributed by atoms with E-state index in [2.05, 4.69) is 117 Å². The van der Waals surface area contributed by atoms with E-state index in [1.165, 1.54) is 22.5 Å². The summed E-state index contributed by atoms with van der Waals surface area (Å²) in [5.74, 6) is -1.01. The van der Waals surface area contributed by atoms with Crippen LogP contribution in [0.4, 0.5) is 11.4 Å². The third-order valence-corrected chi connectivity index (χ3v) is 13.3. The molecule has 0 saturated heterocycles. The fourth-order valence-electron chi connectivity index (χ4n) is 9.15. The zero-order valence-electron chi connectivity index (χ0n) is 35.0. The lowest BCUT2D eigenvalue weighted by Gasteiger charge is -2.26. The SMILES string of the molecule is CCN1/C(=C/C=C(/C=C/C2=[N+](CC)c3ccc4c(S)cc(S)cc4c3C2(C)C)c2ccc(C(=O)NCCCCCC(=O)O)cn2)C(C)(C)c2c1ccc1c(S)cc(S)cc21. The van der Waals surface area contributed by atoms with Crippen LogP contribution in [0.2, 0.25) is 0 Å². The van der Waals surface area contributed by atoms with Crippen molar-refractivity contribution in [3.05, 3.63) is 119 Å². The molecule has 7 nitrogen and oxygen atoms in total. The van der Waals surface area contributed by atoms with Gasteiger partial charge in [0.1, 0.15) is 6.54 Å². The van der Waals surface area contributed by atoms with E-state index < -0.39 is 5.97 Å². The average Bonchev–Trinajstić information content (AvgIpc) is 3.56. The lowest BCUT2D eigenvalue weighted by atomic mass is 9.79. The van der Waals surface area contributed by atoms with Gasteiger partial charge in [0, 0.05) is 85.4 Å². The number of allylic oxidation sites excluding steroid dienone is 6.